The van der Waals surface area contributed by atoms with Crippen LogP contribution in [0.15, 0.2) is 24.0 Å². The Balaban J connectivity index is 2.84. The standard InChI is InChI=1S/C8H11NO4/c1-2-13-8(9(11)12)5-3-7(10)4-6-8/h3-5,10H,2,6H2,1H3. The summed E-state index contributed by atoms with van der Waals surface area (Å²) in [4.78, 5) is 10.2. The van der Waals surface area contributed by atoms with E-state index in [0.717, 1.165) is 0 Å². The lowest BCUT2D eigenvalue weighted by Gasteiger charge is -2.21. The van der Waals surface area contributed by atoms with Crippen molar-refractivity contribution in [1.82, 2.24) is 0 Å². The van der Waals surface area contributed by atoms with Crippen LogP contribution in [0.5, 0.6) is 0 Å². The molecule has 0 saturated carbocycles. The molecule has 13 heavy (non-hydrogen) atoms. The summed E-state index contributed by atoms with van der Waals surface area (Å²) in [6.45, 7) is 1.96. The fourth-order valence-corrected chi connectivity index (χ4v) is 1.15. The monoisotopic (exact) mass is 185 g/mol. The summed E-state index contributed by atoms with van der Waals surface area (Å²) >= 11 is 0. The first-order valence-electron chi connectivity index (χ1n) is 3.97. The van der Waals surface area contributed by atoms with Gasteiger partial charge in [0.25, 0.3) is 0 Å². The van der Waals surface area contributed by atoms with E-state index < -0.39 is 10.6 Å². The van der Waals surface area contributed by atoms with Crippen molar-refractivity contribution in [2.45, 2.75) is 19.1 Å². The fraction of sp³-hybridized carbons (Fsp3) is 0.500. The highest BCUT2D eigenvalue weighted by molar-refractivity contribution is 5.20. The zero-order valence-electron chi connectivity index (χ0n) is 7.27. The number of ether oxygens (including phenoxy) is 1. The van der Waals surface area contributed by atoms with Crippen molar-refractivity contribution >= 4 is 0 Å². The van der Waals surface area contributed by atoms with E-state index in [1.165, 1.54) is 18.2 Å². The van der Waals surface area contributed by atoms with E-state index in [2.05, 4.69) is 0 Å². The molecule has 5 nitrogen and oxygen atoms in total. The van der Waals surface area contributed by atoms with E-state index in [-0.39, 0.29) is 18.8 Å². The zero-order chi connectivity index (χ0) is 9.90. The minimum Gasteiger partial charge on any atom is -0.508 e. The summed E-state index contributed by atoms with van der Waals surface area (Å²) in [6, 6.07) is 0. The highest BCUT2D eigenvalue weighted by Gasteiger charge is 2.41. The normalized spacial score (nSPS) is 27.0. The summed E-state index contributed by atoms with van der Waals surface area (Å²) in [5.41, 5.74) is -1.49. The Bertz CT molecular complexity index is 271. The molecule has 0 amide bonds. The molecule has 1 atom stereocenters. The summed E-state index contributed by atoms with van der Waals surface area (Å²) in [7, 11) is 0. The topological polar surface area (TPSA) is 72.6 Å². The molecule has 0 saturated heterocycles. The molecule has 0 radical (unpaired) electrons. The molecule has 0 aromatic carbocycles. The van der Waals surface area contributed by atoms with E-state index >= 15 is 0 Å². The van der Waals surface area contributed by atoms with Gasteiger partial charge in [0, 0.05) is 6.08 Å². The van der Waals surface area contributed by atoms with Gasteiger partial charge in [-0.25, -0.2) is 0 Å². The van der Waals surface area contributed by atoms with E-state index in [1.54, 1.807) is 6.92 Å². The van der Waals surface area contributed by atoms with Crippen molar-refractivity contribution in [1.29, 1.82) is 0 Å². The van der Waals surface area contributed by atoms with Gasteiger partial charge in [-0.2, -0.15) is 0 Å². The van der Waals surface area contributed by atoms with Gasteiger partial charge in [-0.1, -0.05) is 0 Å². The Labute approximate surface area is 75.5 Å². The van der Waals surface area contributed by atoms with Gasteiger partial charge < -0.3 is 9.84 Å². The number of aliphatic hydroxyl groups is 1. The first-order chi connectivity index (χ1) is 6.10. The van der Waals surface area contributed by atoms with Crippen LogP contribution < -0.4 is 0 Å². The fourth-order valence-electron chi connectivity index (χ4n) is 1.15. The van der Waals surface area contributed by atoms with Crippen LogP contribution in [0.25, 0.3) is 0 Å². The quantitative estimate of drug-likeness (QED) is 0.409. The molecule has 1 aliphatic carbocycles. The number of nitrogens with zero attached hydrogens (tertiary/aromatic N) is 1. The largest absolute Gasteiger partial charge is 0.508 e. The van der Waals surface area contributed by atoms with Crippen molar-refractivity contribution in [2.24, 2.45) is 0 Å². The van der Waals surface area contributed by atoms with Gasteiger partial charge in [0.1, 0.15) is 5.76 Å². The summed E-state index contributed by atoms with van der Waals surface area (Å²) in [5, 5.41) is 19.7. The minimum absolute atomic E-state index is 0.0391. The molecule has 72 valence electrons. The Morgan fingerprint density at radius 1 is 1.85 bits per heavy atom. The third-order valence-electron chi connectivity index (χ3n) is 1.82. The second-order valence-electron chi connectivity index (χ2n) is 2.70. The number of rotatable bonds is 3. The lowest BCUT2D eigenvalue weighted by atomic mass is 10.0. The van der Waals surface area contributed by atoms with Crippen LogP contribution >= 0.6 is 0 Å². The average molecular weight is 185 g/mol. The molecular formula is C8H11NO4. The Hall–Kier alpha value is -1.36. The van der Waals surface area contributed by atoms with Gasteiger partial charge >= 0.3 is 5.72 Å². The van der Waals surface area contributed by atoms with Crippen molar-refractivity contribution in [3.63, 3.8) is 0 Å². The average Bonchev–Trinajstić information content (AvgIpc) is 2.09. The molecule has 0 aromatic rings. The Morgan fingerprint density at radius 2 is 2.54 bits per heavy atom. The van der Waals surface area contributed by atoms with Crippen LogP contribution in [0.4, 0.5) is 0 Å². The van der Waals surface area contributed by atoms with E-state index in [9.17, 15) is 10.1 Å². The molecular weight excluding hydrogens is 174 g/mol. The number of allylic oxidation sites excluding steroid dienone is 1. The summed E-state index contributed by atoms with van der Waals surface area (Å²) in [6.07, 6.45) is 3.99. The third-order valence-corrected chi connectivity index (χ3v) is 1.82. The maximum absolute atomic E-state index is 10.7. The molecule has 1 aliphatic rings. The molecule has 1 unspecified atom stereocenters. The van der Waals surface area contributed by atoms with Crippen LogP contribution in [0, 0.1) is 10.1 Å². The summed E-state index contributed by atoms with van der Waals surface area (Å²) in [5.74, 6) is 0.0391. The van der Waals surface area contributed by atoms with Gasteiger partial charge in [0.15, 0.2) is 0 Å². The molecule has 5 heteroatoms. The third kappa shape index (κ3) is 1.86. The highest BCUT2D eigenvalue weighted by atomic mass is 16.7. The van der Waals surface area contributed by atoms with Crippen LogP contribution in [0.2, 0.25) is 0 Å². The minimum atomic E-state index is -1.49. The van der Waals surface area contributed by atoms with E-state index in [4.69, 9.17) is 9.84 Å². The van der Waals surface area contributed by atoms with Crippen molar-refractivity contribution < 1.29 is 14.8 Å². The number of hydrogen-bond donors (Lipinski definition) is 1. The van der Waals surface area contributed by atoms with E-state index in [0.29, 0.717) is 0 Å². The number of hydrogen-bond acceptors (Lipinski definition) is 4. The molecule has 0 fully saturated rings. The lowest BCUT2D eigenvalue weighted by Crippen LogP contribution is -2.40. The molecule has 0 bridgehead atoms. The summed E-state index contributed by atoms with van der Waals surface area (Å²) < 4.78 is 5.04. The zero-order valence-corrected chi connectivity index (χ0v) is 7.27. The first-order valence-corrected chi connectivity index (χ1v) is 3.97. The Kier molecular flexibility index (Phi) is 2.67. The van der Waals surface area contributed by atoms with Crippen LogP contribution in [0.3, 0.4) is 0 Å². The second-order valence-corrected chi connectivity index (χ2v) is 2.70. The predicted octanol–water partition coefficient (Wildman–Crippen LogP) is 1.40. The van der Waals surface area contributed by atoms with E-state index in [1.807, 2.05) is 0 Å². The molecule has 0 aromatic heterocycles. The van der Waals surface area contributed by atoms with Crippen molar-refractivity contribution in [2.75, 3.05) is 6.61 Å². The molecule has 0 spiro atoms. The van der Waals surface area contributed by atoms with Crippen LogP contribution in [-0.4, -0.2) is 22.4 Å². The predicted molar refractivity (Wildman–Crippen MR) is 45.8 cm³/mol. The molecule has 0 aliphatic heterocycles. The molecule has 0 heterocycles. The van der Waals surface area contributed by atoms with Crippen LogP contribution in [0.1, 0.15) is 13.3 Å². The Morgan fingerprint density at radius 3 is 2.92 bits per heavy atom. The van der Waals surface area contributed by atoms with Gasteiger partial charge in [0.05, 0.1) is 18.0 Å². The number of aliphatic hydroxyl groups excluding tert-OH is 1. The molecule has 1 rings (SSSR count). The van der Waals surface area contributed by atoms with Gasteiger partial charge in [-0.15, -0.1) is 0 Å². The lowest BCUT2D eigenvalue weighted by molar-refractivity contribution is -0.612. The first kappa shape index (κ1) is 9.73. The second kappa shape index (κ2) is 3.57. The van der Waals surface area contributed by atoms with Crippen LogP contribution in [-0.2, 0) is 4.74 Å². The molecule has 1 N–H and O–H groups in total. The van der Waals surface area contributed by atoms with Crippen molar-refractivity contribution in [3.05, 3.63) is 34.1 Å². The van der Waals surface area contributed by atoms with Crippen molar-refractivity contribution in [3.8, 4) is 0 Å². The van der Waals surface area contributed by atoms with Gasteiger partial charge in [0.2, 0.25) is 0 Å². The SMILES string of the molecule is CCOC1([N+](=O)[O-])C=CC(O)=CC1. The highest BCUT2D eigenvalue weighted by Crippen LogP contribution is 2.24. The maximum atomic E-state index is 10.7. The number of nitro groups is 1. The van der Waals surface area contributed by atoms with Gasteiger partial charge in [-0.3, -0.25) is 10.1 Å². The smallest absolute Gasteiger partial charge is 0.348 e. The van der Waals surface area contributed by atoms with Gasteiger partial charge in [-0.05, 0) is 19.1 Å². The maximum Gasteiger partial charge on any atom is 0.348 e.